The number of rotatable bonds is 4. The van der Waals surface area contributed by atoms with Gasteiger partial charge in [-0.15, -0.1) is 0 Å². The first-order chi connectivity index (χ1) is 10.3. The molecule has 0 radical (unpaired) electrons. The minimum atomic E-state index is -3.26. The van der Waals surface area contributed by atoms with E-state index in [9.17, 15) is 13.2 Å². The van der Waals surface area contributed by atoms with Crippen LogP contribution < -0.4 is 10.0 Å². The van der Waals surface area contributed by atoms with Gasteiger partial charge in [-0.3, -0.25) is 4.98 Å². The van der Waals surface area contributed by atoms with Gasteiger partial charge in [0.2, 0.25) is 10.0 Å². The molecule has 1 aliphatic heterocycles. The highest BCUT2D eigenvalue weighted by molar-refractivity contribution is 7.88. The van der Waals surface area contributed by atoms with Gasteiger partial charge in [-0.05, 0) is 31.9 Å². The summed E-state index contributed by atoms with van der Waals surface area (Å²) in [5, 5.41) is 2.90. The van der Waals surface area contributed by atoms with Crippen LogP contribution in [0.3, 0.4) is 0 Å². The quantitative estimate of drug-likeness (QED) is 0.859. The summed E-state index contributed by atoms with van der Waals surface area (Å²) in [6.45, 7) is 2.88. The van der Waals surface area contributed by atoms with Crippen LogP contribution >= 0.6 is 0 Å². The van der Waals surface area contributed by atoms with Gasteiger partial charge in [-0.2, -0.15) is 0 Å². The number of amides is 2. The number of aromatic nitrogens is 1. The van der Waals surface area contributed by atoms with Gasteiger partial charge in [0.25, 0.3) is 0 Å². The predicted octanol–water partition coefficient (Wildman–Crippen LogP) is 0.866. The van der Waals surface area contributed by atoms with E-state index in [0.29, 0.717) is 13.1 Å². The molecule has 2 atom stereocenters. The van der Waals surface area contributed by atoms with E-state index in [1.165, 1.54) is 0 Å². The average Bonchev–Trinajstić information content (AvgIpc) is 2.46. The molecule has 0 spiro atoms. The molecular formula is C14H22N4O3S. The van der Waals surface area contributed by atoms with E-state index in [1.807, 2.05) is 25.1 Å². The summed E-state index contributed by atoms with van der Waals surface area (Å²) in [5.41, 5.74) is 0.790. The molecule has 2 rings (SSSR count). The molecule has 1 aliphatic rings. The molecule has 1 fully saturated rings. The summed E-state index contributed by atoms with van der Waals surface area (Å²) in [5.74, 6) is 0. The maximum Gasteiger partial charge on any atom is 0.317 e. The largest absolute Gasteiger partial charge is 0.330 e. The van der Waals surface area contributed by atoms with Crippen LogP contribution in [0.4, 0.5) is 4.79 Å². The van der Waals surface area contributed by atoms with Crippen molar-refractivity contribution in [3.63, 3.8) is 0 Å². The summed E-state index contributed by atoms with van der Waals surface area (Å²) >= 11 is 0. The fraction of sp³-hybridized carbons (Fsp3) is 0.571. The zero-order valence-corrected chi connectivity index (χ0v) is 13.6. The summed E-state index contributed by atoms with van der Waals surface area (Å²) in [6.07, 6.45) is 4.34. The lowest BCUT2D eigenvalue weighted by molar-refractivity contribution is 0.174. The summed E-state index contributed by atoms with van der Waals surface area (Å²) < 4.78 is 25.2. The highest BCUT2D eigenvalue weighted by atomic mass is 32.2. The smallest absolute Gasteiger partial charge is 0.317 e. The first-order valence-corrected chi connectivity index (χ1v) is 9.18. The standard InChI is InChI=1S/C14H22N4O3S/c1-11(13-7-3-4-8-15-13)16-14(19)18-9-5-6-12(10-18)17-22(2,20)21/h3-4,7-8,11-12,17H,5-6,9-10H2,1-2H3,(H,16,19)/t11-,12+/m0/s1. The van der Waals surface area contributed by atoms with Crippen LogP contribution in [0.2, 0.25) is 0 Å². The fourth-order valence-corrected chi connectivity index (χ4v) is 3.34. The maximum absolute atomic E-state index is 12.3. The molecule has 0 unspecified atom stereocenters. The molecule has 0 aromatic carbocycles. The van der Waals surface area contributed by atoms with Gasteiger partial charge in [0.05, 0.1) is 18.0 Å². The van der Waals surface area contributed by atoms with Crippen molar-refractivity contribution in [2.75, 3.05) is 19.3 Å². The number of piperidine rings is 1. The van der Waals surface area contributed by atoms with Crippen LogP contribution in [0, 0.1) is 0 Å². The molecule has 7 nitrogen and oxygen atoms in total. The van der Waals surface area contributed by atoms with Crippen molar-refractivity contribution in [1.82, 2.24) is 19.9 Å². The topological polar surface area (TPSA) is 91.4 Å². The Hall–Kier alpha value is -1.67. The fourth-order valence-electron chi connectivity index (χ4n) is 2.54. The second-order valence-corrected chi connectivity index (χ2v) is 7.38. The predicted molar refractivity (Wildman–Crippen MR) is 83.8 cm³/mol. The SMILES string of the molecule is C[C@H](NC(=O)N1CCC[C@@H](NS(C)(=O)=O)C1)c1ccccn1. The number of nitrogens with one attached hydrogen (secondary N) is 2. The van der Waals surface area contributed by atoms with E-state index in [2.05, 4.69) is 15.0 Å². The number of hydrogen-bond donors (Lipinski definition) is 2. The Labute approximate surface area is 131 Å². The van der Waals surface area contributed by atoms with Gasteiger partial charge < -0.3 is 10.2 Å². The summed E-state index contributed by atoms with van der Waals surface area (Å²) in [7, 11) is -3.26. The maximum atomic E-state index is 12.3. The number of carbonyl (C=O) groups excluding carboxylic acids is 1. The number of urea groups is 1. The Morgan fingerprint density at radius 3 is 2.86 bits per heavy atom. The molecule has 1 saturated heterocycles. The number of hydrogen-bond acceptors (Lipinski definition) is 4. The van der Waals surface area contributed by atoms with Crippen molar-refractivity contribution in [3.05, 3.63) is 30.1 Å². The second kappa shape index (κ2) is 7.06. The van der Waals surface area contributed by atoms with E-state index in [1.54, 1.807) is 11.1 Å². The Morgan fingerprint density at radius 2 is 2.23 bits per heavy atom. The third kappa shape index (κ3) is 4.96. The van der Waals surface area contributed by atoms with Gasteiger partial charge in [0.1, 0.15) is 0 Å². The molecule has 22 heavy (non-hydrogen) atoms. The third-order valence-electron chi connectivity index (χ3n) is 3.56. The van der Waals surface area contributed by atoms with Crippen LogP contribution in [0.25, 0.3) is 0 Å². The Bertz CT molecular complexity index is 606. The van der Waals surface area contributed by atoms with Crippen LogP contribution in [-0.4, -0.2) is 49.7 Å². The van der Waals surface area contributed by atoms with Crippen molar-refractivity contribution in [2.24, 2.45) is 0 Å². The van der Waals surface area contributed by atoms with Crippen molar-refractivity contribution >= 4 is 16.1 Å². The molecule has 122 valence electrons. The van der Waals surface area contributed by atoms with Crippen molar-refractivity contribution in [2.45, 2.75) is 31.8 Å². The van der Waals surface area contributed by atoms with Crippen molar-refractivity contribution in [1.29, 1.82) is 0 Å². The van der Waals surface area contributed by atoms with E-state index >= 15 is 0 Å². The summed E-state index contributed by atoms with van der Waals surface area (Å²) in [6, 6.07) is 4.94. The molecule has 2 heterocycles. The van der Waals surface area contributed by atoms with E-state index in [-0.39, 0.29) is 18.1 Å². The Morgan fingerprint density at radius 1 is 1.45 bits per heavy atom. The highest BCUT2D eigenvalue weighted by Crippen LogP contribution is 2.13. The highest BCUT2D eigenvalue weighted by Gasteiger charge is 2.26. The van der Waals surface area contributed by atoms with Crippen LogP contribution in [-0.2, 0) is 10.0 Å². The summed E-state index contributed by atoms with van der Waals surface area (Å²) in [4.78, 5) is 18.2. The number of sulfonamides is 1. The molecular weight excluding hydrogens is 304 g/mol. The first-order valence-electron chi connectivity index (χ1n) is 7.29. The van der Waals surface area contributed by atoms with Gasteiger partial charge in [0.15, 0.2) is 0 Å². The number of nitrogens with zero attached hydrogens (tertiary/aromatic N) is 2. The number of likely N-dealkylation sites (tertiary alicyclic amines) is 1. The van der Waals surface area contributed by atoms with Crippen LogP contribution in [0.1, 0.15) is 31.5 Å². The van der Waals surface area contributed by atoms with E-state index in [0.717, 1.165) is 24.8 Å². The number of carbonyl (C=O) groups is 1. The normalized spacial score (nSPS) is 20.5. The van der Waals surface area contributed by atoms with Gasteiger partial charge in [-0.25, -0.2) is 17.9 Å². The van der Waals surface area contributed by atoms with Crippen molar-refractivity contribution < 1.29 is 13.2 Å². The average molecular weight is 326 g/mol. The van der Waals surface area contributed by atoms with Crippen LogP contribution in [0.15, 0.2) is 24.4 Å². The molecule has 0 aliphatic carbocycles. The number of pyridine rings is 1. The van der Waals surface area contributed by atoms with Gasteiger partial charge in [0, 0.05) is 25.3 Å². The molecule has 2 amide bonds. The lowest BCUT2D eigenvalue weighted by Crippen LogP contribution is -2.52. The van der Waals surface area contributed by atoms with Crippen LogP contribution in [0.5, 0.6) is 0 Å². The lowest BCUT2D eigenvalue weighted by atomic mass is 10.1. The first kappa shape index (κ1) is 16.7. The molecule has 0 saturated carbocycles. The molecule has 1 aromatic rings. The minimum absolute atomic E-state index is 0.196. The lowest BCUT2D eigenvalue weighted by Gasteiger charge is -2.33. The molecule has 2 N–H and O–H groups in total. The van der Waals surface area contributed by atoms with Gasteiger partial charge >= 0.3 is 6.03 Å². The molecule has 1 aromatic heterocycles. The zero-order valence-electron chi connectivity index (χ0n) is 12.8. The molecule has 8 heteroatoms. The molecule has 0 bridgehead atoms. The third-order valence-corrected chi connectivity index (χ3v) is 4.32. The van der Waals surface area contributed by atoms with E-state index < -0.39 is 10.0 Å². The minimum Gasteiger partial charge on any atom is -0.330 e. The Balaban J connectivity index is 1.92. The van der Waals surface area contributed by atoms with E-state index in [4.69, 9.17) is 0 Å². The monoisotopic (exact) mass is 326 g/mol. The van der Waals surface area contributed by atoms with Gasteiger partial charge in [-0.1, -0.05) is 6.07 Å². The second-order valence-electron chi connectivity index (χ2n) is 5.60. The Kier molecular flexibility index (Phi) is 5.36. The zero-order chi connectivity index (χ0) is 16.2. The van der Waals surface area contributed by atoms with Crippen molar-refractivity contribution in [3.8, 4) is 0 Å².